The van der Waals surface area contributed by atoms with Crippen LogP contribution in [0, 0.1) is 0 Å². The Labute approximate surface area is 49.5 Å². The minimum Gasteiger partial charge on any atom is -0.481 e. The van der Waals surface area contributed by atoms with Gasteiger partial charge in [-0.3, -0.25) is 4.79 Å². The van der Waals surface area contributed by atoms with E-state index in [0.29, 0.717) is 0 Å². The molecule has 0 aromatic carbocycles. The molecule has 0 aliphatic rings. The summed E-state index contributed by atoms with van der Waals surface area (Å²) in [5.74, 6) is -0.759. The van der Waals surface area contributed by atoms with Crippen LogP contribution >= 0.6 is 22.6 Å². The van der Waals surface area contributed by atoms with E-state index in [1.54, 1.807) is 22.6 Å². The van der Waals surface area contributed by atoms with Gasteiger partial charge >= 0.3 is 5.97 Å². The first-order valence-corrected chi connectivity index (χ1v) is 2.57. The maximum atomic E-state index is 9.36. The van der Waals surface area contributed by atoms with Crippen molar-refractivity contribution in [2.45, 2.75) is 0 Å². The highest BCUT2D eigenvalue weighted by molar-refractivity contribution is 14.1. The highest BCUT2D eigenvalue weighted by Gasteiger charge is 1.82. The quantitative estimate of drug-likeness (QED) is 0.485. The summed E-state index contributed by atoms with van der Waals surface area (Å²) >= 11 is 1.78. The second-order valence-corrected chi connectivity index (χ2v) is 1.29. The van der Waals surface area contributed by atoms with E-state index in [9.17, 15) is 4.79 Å². The van der Waals surface area contributed by atoms with Gasteiger partial charge in [0.1, 0.15) is 0 Å². The van der Waals surface area contributed by atoms with E-state index in [4.69, 9.17) is 5.11 Å². The number of hydrogen-bond acceptors (Lipinski definition) is 2. The molecular formula is C2H6INO2. The molecule has 0 heterocycles. The van der Waals surface area contributed by atoms with Crippen molar-refractivity contribution < 1.29 is 9.90 Å². The lowest BCUT2D eigenvalue weighted by Gasteiger charge is -1.70. The molecule has 0 unspecified atom stereocenters. The standard InChI is InChI=1S/C2H3IO2.H3N/c3-1-2(4)5;/h1H2,(H,4,5);1H3. The summed E-state index contributed by atoms with van der Waals surface area (Å²) in [5, 5.41) is 7.71. The minimum atomic E-state index is -0.759. The number of rotatable bonds is 1. The Bertz CT molecular complexity index is 46.8. The largest absolute Gasteiger partial charge is 0.481 e. The third kappa shape index (κ3) is 8.90. The fraction of sp³-hybridized carbons (Fsp3) is 0.500. The average molecular weight is 203 g/mol. The SMILES string of the molecule is N.O=C(O)CI. The highest BCUT2D eigenvalue weighted by atomic mass is 127. The third-order valence-corrected chi connectivity index (χ3v) is 0.767. The summed E-state index contributed by atoms with van der Waals surface area (Å²) in [6.45, 7) is 0. The molecule has 0 rings (SSSR count). The van der Waals surface area contributed by atoms with Crippen molar-refractivity contribution in [2.75, 3.05) is 4.43 Å². The van der Waals surface area contributed by atoms with Gasteiger partial charge in [0.05, 0.1) is 4.43 Å². The van der Waals surface area contributed by atoms with Crippen LogP contribution in [0.15, 0.2) is 0 Å². The van der Waals surface area contributed by atoms with Gasteiger partial charge in [-0.05, 0) is 0 Å². The van der Waals surface area contributed by atoms with Gasteiger partial charge in [0.15, 0.2) is 0 Å². The Morgan fingerprint density at radius 2 is 2.00 bits per heavy atom. The molecule has 0 aliphatic carbocycles. The van der Waals surface area contributed by atoms with Crippen LogP contribution in [0.25, 0.3) is 0 Å². The van der Waals surface area contributed by atoms with Gasteiger partial charge in [-0.25, -0.2) is 0 Å². The monoisotopic (exact) mass is 203 g/mol. The van der Waals surface area contributed by atoms with Crippen molar-refractivity contribution >= 4 is 28.6 Å². The maximum absolute atomic E-state index is 9.36. The van der Waals surface area contributed by atoms with Crippen LogP contribution in [0.5, 0.6) is 0 Å². The van der Waals surface area contributed by atoms with Crippen molar-refractivity contribution in [2.24, 2.45) is 0 Å². The van der Waals surface area contributed by atoms with Crippen molar-refractivity contribution in [3.63, 3.8) is 0 Å². The third-order valence-electron chi connectivity index (χ3n) is 0.114. The Morgan fingerprint density at radius 1 is 1.83 bits per heavy atom. The summed E-state index contributed by atoms with van der Waals surface area (Å²) in [6, 6.07) is 0. The van der Waals surface area contributed by atoms with Crippen LogP contribution in [-0.4, -0.2) is 15.5 Å². The van der Waals surface area contributed by atoms with Crippen molar-refractivity contribution in [1.29, 1.82) is 0 Å². The lowest BCUT2D eigenvalue weighted by Crippen LogP contribution is -1.91. The molecule has 4 N–H and O–H groups in total. The Morgan fingerprint density at radius 3 is 2.00 bits per heavy atom. The number of carboxylic acid groups (broad SMARTS) is 1. The van der Waals surface area contributed by atoms with Crippen LogP contribution in [0.4, 0.5) is 0 Å². The van der Waals surface area contributed by atoms with Crippen molar-refractivity contribution in [3.05, 3.63) is 0 Å². The Hall–Kier alpha value is 0.160. The number of alkyl halides is 1. The van der Waals surface area contributed by atoms with E-state index in [0.717, 1.165) is 0 Å². The number of aliphatic carboxylic acids is 1. The van der Waals surface area contributed by atoms with Gasteiger partial charge in [0, 0.05) is 0 Å². The molecular weight excluding hydrogens is 197 g/mol. The highest BCUT2D eigenvalue weighted by Crippen LogP contribution is 1.75. The zero-order valence-electron chi connectivity index (χ0n) is 3.15. The Kier molecular flexibility index (Phi) is 8.15. The van der Waals surface area contributed by atoms with Gasteiger partial charge in [-0.2, -0.15) is 0 Å². The van der Waals surface area contributed by atoms with E-state index < -0.39 is 5.97 Å². The first-order valence-electron chi connectivity index (χ1n) is 1.05. The molecule has 4 heteroatoms. The van der Waals surface area contributed by atoms with Gasteiger partial charge in [-0.15, -0.1) is 0 Å². The van der Waals surface area contributed by atoms with Crippen LogP contribution < -0.4 is 6.15 Å². The predicted molar refractivity (Wildman–Crippen MR) is 31.5 cm³/mol. The molecule has 0 atom stereocenters. The number of halogens is 1. The van der Waals surface area contributed by atoms with Gasteiger partial charge in [-0.1, -0.05) is 22.6 Å². The van der Waals surface area contributed by atoms with Gasteiger partial charge in [0.25, 0.3) is 0 Å². The average Bonchev–Trinajstić information content (AvgIpc) is 1.38. The summed E-state index contributed by atoms with van der Waals surface area (Å²) < 4.78 is 0.192. The van der Waals surface area contributed by atoms with Gasteiger partial charge in [0.2, 0.25) is 0 Å². The summed E-state index contributed by atoms with van der Waals surface area (Å²) in [4.78, 5) is 9.36. The van der Waals surface area contributed by atoms with E-state index in [-0.39, 0.29) is 10.6 Å². The molecule has 0 fully saturated rings. The lowest BCUT2D eigenvalue weighted by atomic mass is 10.9. The maximum Gasteiger partial charge on any atom is 0.313 e. The molecule has 3 nitrogen and oxygen atoms in total. The summed E-state index contributed by atoms with van der Waals surface area (Å²) in [5.41, 5.74) is 0. The van der Waals surface area contributed by atoms with Crippen molar-refractivity contribution in [1.82, 2.24) is 6.15 Å². The zero-order valence-corrected chi connectivity index (χ0v) is 5.31. The molecule has 0 aliphatic heterocycles. The van der Waals surface area contributed by atoms with Crippen molar-refractivity contribution in [3.8, 4) is 0 Å². The molecule has 0 aromatic heterocycles. The van der Waals surface area contributed by atoms with Crippen LogP contribution in [0.2, 0.25) is 0 Å². The minimum absolute atomic E-state index is 0. The number of hydrogen-bond donors (Lipinski definition) is 2. The first kappa shape index (κ1) is 9.48. The number of carbonyl (C=O) groups is 1. The molecule has 0 radical (unpaired) electrons. The van der Waals surface area contributed by atoms with Crippen LogP contribution in [0.1, 0.15) is 0 Å². The molecule has 0 spiro atoms. The molecule has 0 bridgehead atoms. The predicted octanol–water partition coefficient (Wildman–Crippen LogP) is 0.668. The topological polar surface area (TPSA) is 72.3 Å². The van der Waals surface area contributed by atoms with E-state index in [1.165, 1.54) is 0 Å². The smallest absolute Gasteiger partial charge is 0.313 e. The van der Waals surface area contributed by atoms with E-state index >= 15 is 0 Å². The Balaban J connectivity index is 0. The van der Waals surface area contributed by atoms with Crippen LogP contribution in [-0.2, 0) is 4.79 Å². The molecule has 0 aromatic rings. The van der Waals surface area contributed by atoms with Crippen LogP contribution in [0.3, 0.4) is 0 Å². The molecule has 0 saturated carbocycles. The second kappa shape index (κ2) is 5.16. The summed E-state index contributed by atoms with van der Waals surface area (Å²) in [7, 11) is 0. The fourth-order valence-electron chi connectivity index (χ4n) is 0. The molecule has 0 saturated heterocycles. The fourth-order valence-corrected chi connectivity index (χ4v) is 0. The summed E-state index contributed by atoms with van der Waals surface area (Å²) in [6.07, 6.45) is 0. The number of carboxylic acids is 1. The second-order valence-electron chi connectivity index (χ2n) is 0.527. The van der Waals surface area contributed by atoms with E-state index in [2.05, 4.69) is 0 Å². The zero-order chi connectivity index (χ0) is 4.28. The first-order chi connectivity index (χ1) is 2.27. The lowest BCUT2D eigenvalue weighted by molar-refractivity contribution is -0.133. The molecule has 6 heavy (non-hydrogen) atoms. The molecule has 38 valence electrons. The molecule has 0 amide bonds. The van der Waals surface area contributed by atoms with E-state index in [1.807, 2.05) is 0 Å². The van der Waals surface area contributed by atoms with Gasteiger partial charge < -0.3 is 11.3 Å². The normalized spacial score (nSPS) is 6.17.